The highest BCUT2D eigenvalue weighted by Crippen LogP contribution is 2.22. The number of anilines is 1. The third-order valence-corrected chi connectivity index (χ3v) is 3.57. The van der Waals surface area contributed by atoms with Crippen LogP contribution in [0.2, 0.25) is 4.34 Å². The van der Waals surface area contributed by atoms with Crippen LogP contribution in [0.25, 0.3) is 5.65 Å². The Bertz CT molecular complexity index is 720. The Morgan fingerprint density at radius 2 is 2.17 bits per heavy atom. The van der Waals surface area contributed by atoms with Crippen molar-refractivity contribution in [3.05, 3.63) is 45.7 Å². The van der Waals surface area contributed by atoms with Gasteiger partial charge in [-0.05, 0) is 24.3 Å². The average Bonchev–Trinajstić information content (AvgIpc) is 2.97. The number of carbonyl (C=O) groups is 1. The number of thiophene rings is 1. The molecule has 0 aliphatic heterocycles. The van der Waals surface area contributed by atoms with Crippen LogP contribution in [0, 0.1) is 0 Å². The molecule has 0 saturated carbocycles. The summed E-state index contributed by atoms with van der Waals surface area (Å²) in [6.45, 7) is 0. The minimum atomic E-state index is -0.245. The molecule has 0 bridgehead atoms. The summed E-state index contributed by atoms with van der Waals surface area (Å²) < 4.78 is 2.28. The molecule has 18 heavy (non-hydrogen) atoms. The second-order valence-electron chi connectivity index (χ2n) is 3.51. The first-order valence-corrected chi connectivity index (χ1v) is 6.30. The molecule has 0 aliphatic carbocycles. The van der Waals surface area contributed by atoms with Crippen molar-refractivity contribution in [2.24, 2.45) is 0 Å². The molecular formula is C11H7ClN4OS. The van der Waals surface area contributed by atoms with Crippen molar-refractivity contribution in [1.29, 1.82) is 0 Å². The standard InChI is InChI=1S/C11H7ClN4OS/c12-8-5-4-7(18-8)10(17)13-11-15-14-9-3-1-2-6-16(9)11/h1-6H,(H,13,15,17). The molecule has 3 heterocycles. The van der Waals surface area contributed by atoms with Crippen LogP contribution in [-0.4, -0.2) is 20.5 Å². The zero-order chi connectivity index (χ0) is 12.5. The van der Waals surface area contributed by atoms with Gasteiger partial charge in [0.1, 0.15) is 0 Å². The summed E-state index contributed by atoms with van der Waals surface area (Å²) in [6, 6.07) is 8.86. The van der Waals surface area contributed by atoms with Crippen molar-refractivity contribution >= 4 is 40.4 Å². The molecule has 90 valence electrons. The largest absolute Gasteiger partial charge is 0.289 e. The molecule has 0 fully saturated rings. The third kappa shape index (κ3) is 1.96. The van der Waals surface area contributed by atoms with Gasteiger partial charge in [-0.25, -0.2) is 0 Å². The van der Waals surface area contributed by atoms with E-state index in [1.807, 2.05) is 18.2 Å². The van der Waals surface area contributed by atoms with Crippen molar-refractivity contribution in [2.45, 2.75) is 0 Å². The molecule has 0 radical (unpaired) electrons. The van der Waals surface area contributed by atoms with Crippen LogP contribution >= 0.6 is 22.9 Å². The number of halogens is 1. The van der Waals surface area contributed by atoms with Gasteiger partial charge in [0.25, 0.3) is 5.91 Å². The number of hydrogen-bond donors (Lipinski definition) is 1. The number of nitrogens with one attached hydrogen (secondary N) is 1. The van der Waals surface area contributed by atoms with Gasteiger partial charge in [-0.3, -0.25) is 14.5 Å². The van der Waals surface area contributed by atoms with Crippen LogP contribution < -0.4 is 5.32 Å². The van der Waals surface area contributed by atoms with E-state index in [0.29, 0.717) is 20.8 Å². The van der Waals surface area contributed by atoms with Gasteiger partial charge >= 0.3 is 0 Å². The quantitative estimate of drug-likeness (QED) is 0.784. The first-order chi connectivity index (χ1) is 8.74. The van der Waals surface area contributed by atoms with E-state index in [0.717, 1.165) is 0 Å². The third-order valence-electron chi connectivity index (χ3n) is 2.34. The first kappa shape index (κ1) is 11.2. The minimum Gasteiger partial charge on any atom is -0.289 e. The lowest BCUT2D eigenvalue weighted by molar-refractivity contribution is 0.102. The van der Waals surface area contributed by atoms with Crippen molar-refractivity contribution in [1.82, 2.24) is 14.6 Å². The van der Waals surface area contributed by atoms with E-state index in [4.69, 9.17) is 11.6 Å². The van der Waals surface area contributed by atoms with Crippen molar-refractivity contribution in [2.75, 3.05) is 5.32 Å². The van der Waals surface area contributed by atoms with Gasteiger partial charge in [0.15, 0.2) is 5.65 Å². The fourth-order valence-electron chi connectivity index (χ4n) is 1.53. The van der Waals surface area contributed by atoms with E-state index in [1.165, 1.54) is 11.3 Å². The van der Waals surface area contributed by atoms with Crippen molar-refractivity contribution in [3.8, 4) is 0 Å². The molecule has 0 saturated heterocycles. The smallest absolute Gasteiger partial charge is 0.268 e. The van der Waals surface area contributed by atoms with E-state index in [-0.39, 0.29) is 5.91 Å². The highest BCUT2D eigenvalue weighted by molar-refractivity contribution is 7.18. The van der Waals surface area contributed by atoms with Crippen molar-refractivity contribution < 1.29 is 4.79 Å². The Hall–Kier alpha value is -1.92. The molecule has 3 aromatic rings. The number of pyridine rings is 1. The maximum Gasteiger partial charge on any atom is 0.268 e. The van der Waals surface area contributed by atoms with Gasteiger partial charge in [-0.15, -0.1) is 21.5 Å². The van der Waals surface area contributed by atoms with Gasteiger partial charge in [0.05, 0.1) is 9.21 Å². The number of aromatic nitrogens is 3. The van der Waals surface area contributed by atoms with Gasteiger partial charge in [0, 0.05) is 6.20 Å². The highest BCUT2D eigenvalue weighted by Gasteiger charge is 2.12. The number of rotatable bonds is 2. The van der Waals surface area contributed by atoms with E-state index in [2.05, 4.69) is 15.5 Å². The zero-order valence-electron chi connectivity index (χ0n) is 9.00. The fourth-order valence-corrected chi connectivity index (χ4v) is 2.46. The van der Waals surface area contributed by atoms with Crippen LogP contribution in [0.1, 0.15) is 9.67 Å². The summed E-state index contributed by atoms with van der Waals surface area (Å²) >= 11 is 7.01. The average molecular weight is 279 g/mol. The van der Waals surface area contributed by atoms with E-state index in [9.17, 15) is 4.79 Å². The van der Waals surface area contributed by atoms with E-state index >= 15 is 0 Å². The van der Waals surface area contributed by atoms with Crippen LogP contribution in [0.5, 0.6) is 0 Å². The molecule has 1 amide bonds. The lowest BCUT2D eigenvalue weighted by Gasteiger charge is -2.00. The first-order valence-electron chi connectivity index (χ1n) is 5.10. The maximum absolute atomic E-state index is 11.9. The maximum atomic E-state index is 11.9. The Balaban J connectivity index is 1.90. The summed E-state index contributed by atoms with van der Waals surface area (Å²) in [6.07, 6.45) is 1.78. The molecule has 0 spiro atoms. The van der Waals surface area contributed by atoms with Gasteiger partial charge in [-0.2, -0.15) is 0 Å². The molecule has 0 atom stereocenters. The Morgan fingerprint density at radius 1 is 1.28 bits per heavy atom. The SMILES string of the molecule is O=C(Nc1nnc2ccccn12)c1ccc(Cl)s1. The number of fused-ring (bicyclic) bond motifs is 1. The lowest BCUT2D eigenvalue weighted by atomic mass is 10.4. The van der Waals surface area contributed by atoms with Crippen LogP contribution in [0.3, 0.4) is 0 Å². The molecule has 0 aromatic carbocycles. The summed E-state index contributed by atoms with van der Waals surface area (Å²) in [5.41, 5.74) is 0.678. The molecule has 7 heteroatoms. The molecular weight excluding hydrogens is 272 g/mol. The molecule has 5 nitrogen and oxygen atoms in total. The zero-order valence-corrected chi connectivity index (χ0v) is 10.6. The Labute approximate surface area is 111 Å². The normalized spacial score (nSPS) is 10.7. The number of hydrogen-bond acceptors (Lipinski definition) is 4. The molecule has 0 unspecified atom stereocenters. The topological polar surface area (TPSA) is 59.3 Å². The second kappa shape index (κ2) is 4.40. The molecule has 0 aliphatic rings. The summed E-state index contributed by atoms with van der Waals surface area (Å²) in [4.78, 5) is 12.5. The number of nitrogens with zero attached hydrogens (tertiary/aromatic N) is 3. The van der Waals surface area contributed by atoms with Crippen LogP contribution in [0.15, 0.2) is 36.5 Å². The minimum absolute atomic E-state index is 0.245. The number of amides is 1. The summed E-state index contributed by atoms with van der Waals surface area (Å²) in [5, 5.41) is 10.6. The molecule has 3 rings (SSSR count). The van der Waals surface area contributed by atoms with E-state index < -0.39 is 0 Å². The van der Waals surface area contributed by atoms with E-state index in [1.54, 1.807) is 22.7 Å². The monoisotopic (exact) mass is 278 g/mol. The summed E-state index contributed by atoms with van der Waals surface area (Å²) in [5.74, 6) is 0.144. The lowest BCUT2D eigenvalue weighted by Crippen LogP contribution is -2.12. The van der Waals surface area contributed by atoms with Gasteiger partial charge in [0.2, 0.25) is 5.95 Å². The Kier molecular flexibility index (Phi) is 2.73. The van der Waals surface area contributed by atoms with Gasteiger partial charge < -0.3 is 0 Å². The van der Waals surface area contributed by atoms with Crippen molar-refractivity contribution in [3.63, 3.8) is 0 Å². The predicted octanol–water partition coefficient (Wildman–Crippen LogP) is 2.70. The molecule has 3 aromatic heterocycles. The Morgan fingerprint density at radius 3 is 2.94 bits per heavy atom. The number of carbonyl (C=O) groups excluding carboxylic acids is 1. The van der Waals surface area contributed by atoms with Crippen LogP contribution in [0.4, 0.5) is 5.95 Å². The van der Waals surface area contributed by atoms with Crippen LogP contribution in [-0.2, 0) is 0 Å². The highest BCUT2D eigenvalue weighted by atomic mass is 35.5. The molecule has 1 N–H and O–H groups in total. The second-order valence-corrected chi connectivity index (χ2v) is 5.23. The van der Waals surface area contributed by atoms with Gasteiger partial charge in [-0.1, -0.05) is 17.7 Å². The summed E-state index contributed by atoms with van der Waals surface area (Å²) in [7, 11) is 0. The fraction of sp³-hybridized carbons (Fsp3) is 0. The predicted molar refractivity (Wildman–Crippen MR) is 70.3 cm³/mol.